The lowest BCUT2D eigenvalue weighted by atomic mass is 9.87. The maximum Gasteiger partial charge on any atom is 0.324 e. The lowest BCUT2D eigenvalue weighted by molar-refractivity contribution is -0.143. The number of carbonyl (C=O) groups is 2. The van der Waals surface area contributed by atoms with Crippen LogP contribution in [0, 0.1) is 11.7 Å². The second-order valence-corrected chi connectivity index (χ2v) is 7.52. The highest BCUT2D eigenvalue weighted by molar-refractivity contribution is 5.95. The van der Waals surface area contributed by atoms with Crippen LogP contribution >= 0.6 is 0 Å². The summed E-state index contributed by atoms with van der Waals surface area (Å²) < 4.78 is 20.1. The van der Waals surface area contributed by atoms with Crippen LogP contribution < -0.4 is 15.0 Å². The molecule has 27 heavy (non-hydrogen) atoms. The first-order valence-corrected chi connectivity index (χ1v) is 9.50. The molecule has 146 valence electrons. The van der Waals surface area contributed by atoms with Crippen LogP contribution in [0.2, 0.25) is 0 Å². The van der Waals surface area contributed by atoms with Crippen LogP contribution in [-0.4, -0.2) is 60.3 Å². The zero-order valence-electron chi connectivity index (χ0n) is 15.1. The summed E-state index contributed by atoms with van der Waals surface area (Å²) in [6.07, 6.45) is 2.27. The molecule has 0 spiro atoms. The molecule has 1 atom stereocenters. The van der Waals surface area contributed by atoms with Crippen molar-refractivity contribution in [3.63, 3.8) is 0 Å². The Hall–Kier alpha value is -2.35. The SMILES string of the molecule is O=C1N(c2cc(F)cc(O[C@H]3CC[C@H](C(=O)O)CC3)c2)C[C@@H]2CNCCN12. The Bertz CT molecular complexity index is 736. The van der Waals surface area contributed by atoms with Gasteiger partial charge in [-0.05, 0) is 31.7 Å². The van der Waals surface area contributed by atoms with Gasteiger partial charge in [0.1, 0.15) is 11.6 Å². The molecule has 0 unspecified atom stereocenters. The molecule has 4 rings (SSSR count). The predicted octanol–water partition coefficient (Wildman–Crippen LogP) is 2.06. The summed E-state index contributed by atoms with van der Waals surface area (Å²) in [6, 6.07) is 4.39. The van der Waals surface area contributed by atoms with Crippen molar-refractivity contribution in [2.45, 2.75) is 37.8 Å². The summed E-state index contributed by atoms with van der Waals surface area (Å²) in [5, 5.41) is 12.4. The monoisotopic (exact) mass is 377 g/mol. The van der Waals surface area contributed by atoms with E-state index in [1.165, 1.54) is 12.1 Å². The first-order valence-electron chi connectivity index (χ1n) is 9.50. The van der Waals surface area contributed by atoms with Gasteiger partial charge in [-0.2, -0.15) is 0 Å². The minimum atomic E-state index is -0.764. The van der Waals surface area contributed by atoms with Crippen molar-refractivity contribution in [2.24, 2.45) is 5.92 Å². The van der Waals surface area contributed by atoms with E-state index >= 15 is 0 Å². The van der Waals surface area contributed by atoms with Crippen LogP contribution in [0.4, 0.5) is 14.9 Å². The zero-order chi connectivity index (χ0) is 19.0. The fraction of sp³-hybridized carbons (Fsp3) is 0.579. The summed E-state index contributed by atoms with van der Waals surface area (Å²) in [6.45, 7) is 2.70. The first kappa shape index (κ1) is 18.0. The van der Waals surface area contributed by atoms with Crippen LogP contribution in [0.3, 0.4) is 0 Å². The topological polar surface area (TPSA) is 82.1 Å². The molecule has 3 aliphatic rings. The van der Waals surface area contributed by atoms with E-state index in [9.17, 15) is 14.0 Å². The molecule has 1 aromatic rings. The number of nitrogens with zero attached hydrogens (tertiary/aromatic N) is 2. The average Bonchev–Trinajstić information content (AvgIpc) is 2.99. The molecule has 2 N–H and O–H groups in total. The van der Waals surface area contributed by atoms with E-state index in [1.807, 2.05) is 4.90 Å². The van der Waals surface area contributed by atoms with Crippen LogP contribution in [-0.2, 0) is 4.79 Å². The van der Waals surface area contributed by atoms with Crippen molar-refractivity contribution in [3.05, 3.63) is 24.0 Å². The Morgan fingerprint density at radius 3 is 2.70 bits per heavy atom. The highest BCUT2D eigenvalue weighted by Gasteiger charge is 2.39. The third-order valence-corrected chi connectivity index (χ3v) is 5.71. The first-order chi connectivity index (χ1) is 13.0. The van der Waals surface area contributed by atoms with Crippen LogP contribution in [0.5, 0.6) is 5.75 Å². The van der Waals surface area contributed by atoms with E-state index in [-0.39, 0.29) is 24.1 Å². The number of rotatable bonds is 4. The van der Waals surface area contributed by atoms with Gasteiger partial charge < -0.3 is 20.1 Å². The fourth-order valence-corrected chi connectivity index (χ4v) is 4.23. The molecule has 2 amide bonds. The largest absolute Gasteiger partial charge is 0.490 e. The van der Waals surface area contributed by atoms with E-state index in [2.05, 4.69) is 5.32 Å². The van der Waals surface area contributed by atoms with Crippen molar-refractivity contribution >= 4 is 17.7 Å². The number of nitrogens with one attached hydrogen (secondary N) is 1. The Morgan fingerprint density at radius 1 is 1.22 bits per heavy atom. The number of urea groups is 1. The van der Waals surface area contributed by atoms with Gasteiger partial charge in [0.15, 0.2) is 0 Å². The number of piperazine rings is 1. The molecule has 1 aromatic carbocycles. The minimum Gasteiger partial charge on any atom is -0.490 e. The average molecular weight is 377 g/mol. The molecule has 1 saturated carbocycles. The second kappa shape index (κ2) is 7.34. The number of hydrogen-bond donors (Lipinski definition) is 2. The van der Waals surface area contributed by atoms with Crippen molar-refractivity contribution < 1.29 is 23.8 Å². The van der Waals surface area contributed by atoms with Gasteiger partial charge in [0.05, 0.1) is 23.8 Å². The maximum atomic E-state index is 14.2. The van der Waals surface area contributed by atoms with Gasteiger partial charge >= 0.3 is 12.0 Å². The van der Waals surface area contributed by atoms with Gasteiger partial charge in [-0.3, -0.25) is 9.69 Å². The van der Waals surface area contributed by atoms with Gasteiger partial charge in [-0.25, -0.2) is 9.18 Å². The normalized spacial score (nSPS) is 28.2. The minimum absolute atomic E-state index is 0.0972. The summed E-state index contributed by atoms with van der Waals surface area (Å²) >= 11 is 0. The third-order valence-electron chi connectivity index (χ3n) is 5.71. The number of carboxylic acids is 1. The van der Waals surface area contributed by atoms with Gasteiger partial charge in [0.25, 0.3) is 0 Å². The molecule has 7 nitrogen and oxygen atoms in total. The van der Waals surface area contributed by atoms with Gasteiger partial charge in [-0.15, -0.1) is 0 Å². The highest BCUT2D eigenvalue weighted by atomic mass is 19.1. The number of halogens is 1. The quantitative estimate of drug-likeness (QED) is 0.839. The Balaban J connectivity index is 1.46. The van der Waals surface area contributed by atoms with Crippen LogP contribution in [0.25, 0.3) is 0 Å². The lowest BCUT2D eigenvalue weighted by Gasteiger charge is -2.28. The zero-order valence-corrected chi connectivity index (χ0v) is 15.1. The Labute approximate surface area is 157 Å². The molecule has 0 aromatic heterocycles. The fourth-order valence-electron chi connectivity index (χ4n) is 4.23. The third kappa shape index (κ3) is 3.71. The van der Waals surface area contributed by atoms with E-state index < -0.39 is 11.8 Å². The molecule has 8 heteroatoms. The number of amides is 2. The van der Waals surface area contributed by atoms with Crippen molar-refractivity contribution in [2.75, 3.05) is 31.1 Å². The van der Waals surface area contributed by atoms with E-state index in [0.717, 1.165) is 13.1 Å². The molecule has 2 saturated heterocycles. The number of anilines is 1. The van der Waals surface area contributed by atoms with Crippen molar-refractivity contribution in [1.29, 1.82) is 0 Å². The van der Waals surface area contributed by atoms with E-state index in [4.69, 9.17) is 9.84 Å². The lowest BCUT2D eigenvalue weighted by Crippen LogP contribution is -2.49. The molecule has 2 heterocycles. The number of benzene rings is 1. The number of carboxylic acid groups (broad SMARTS) is 1. The Morgan fingerprint density at radius 2 is 2.00 bits per heavy atom. The molecule has 1 aliphatic carbocycles. The predicted molar refractivity (Wildman–Crippen MR) is 96.5 cm³/mol. The summed E-state index contributed by atoms with van der Waals surface area (Å²) in [7, 11) is 0. The molecule has 2 aliphatic heterocycles. The smallest absolute Gasteiger partial charge is 0.324 e. The van der Waals surface area contributed by atoms with Gasteiger partial charge in [-0.1, -0.05) is 0 Å². The molecule has 0 radical (unpaired) electrons. The van der Waals surface area contributed by atoms with E-state index in [0.29, 0.717) is 50.2 Å². The van der Waals surface area contributed by atoms with Gasteiger partial charge in [0.2, 0.25) is 0 Å². The maximum absolute atomic E-state index is 14.2. The molecule has 3 fully saturated rings. The van der Waals surface area contributed by atoms with Crippen molar-refractivity contribution in [1.82, 2.24) is 10.2 Å². The summed E-state index contributed by atoms with van der Waals surface area (Å²) in [4.78, 5) is 27.1. The molecular weight excluding hydrogens is 353 g/mol. The highest BCUT2D eigenvalue weighted by Crippen LogP contribution is 2.32. The number of ether oxygens (including phenoxy) is 1. The van der Waals surface area contributed by atoms with Gasteiger partial charge in [0, 0.05) is 38.3 Å². The standard InChI is InChI=1S/C19H24FN3O4/c20-13-7-14(23-11-15-10-21-5-6-22(15)19(23)26)9-17(8-13)27-16-3-1-12(2-4-16)18(24)25/h7-9,12,15-16,21H,1-6,10-11H2,(H,24,25)/t12-,15-,16-/m0/s1. The van der Waals surface area contributed by atoms with Crippen molar-refractivity contribution in [3.8, 4) is 5.75 Å². The number of carbonyl (C=O) groups excluding carboxylic acids is 1. The summed E-state index contributed by atoms with van der Waals surface area (Å²) in [5.74, 6) is -1.14. The molecular formula is C19H24FN3O4. The van der Waals surface area contributed by atoms with Crippen LogP contribution in [0.1, 0.15) is 25.7 Å². The summed E-state index contributed by atoms with van der Waals surface area (Å²) in [5.41, 5.74) is 0.503. The molecule has 0 bridgehead atoms. The van der Waals surface area contributed by atoms with E-state index in [1.54, 1.807) is 11.0 Å². The number of hydrogen-bond acceptors (Lipinski definition) is 4. The second-order valence-electron chi connectivity index (χ2n) is 7.52. The number of fused-ring (bicyclic) bond motifs is 1. The Kier molecular flexibility index (Phi) is 4.90. The van der Waals surface area contributed by atoms with Crippen LogP contribution in [0.15, 0.2) is 18.2 Å². The number of aliphatic carboxylic acids is 1.